The van der Waals surface area contributed by atoms with E-state index in [0.29, 0.717) is 36.1 Å². The SMILES string of the molecule is Cc1cc2nc(CN3C[C@H]4C[C@@H](C3)[C@H](CO)N3CCCC[C@@H]43)cc(=O)n2[nH]1. The van der Waals surface area contributed by atoms with E-state index in [1.165, 1.54) is 30.2 Å². The van der Waals surface area contributed by atoms with Crippen LogP contribution in [0.25, 0.3) is 5.65 Å². The summed E-state index contributed by atoms with van der Waals surface area (Å²) in [4.78, 5) is 22.1. The number of H-pyrrole nitrogens is 1. The first kappa shape index (κ1) is 17.4. The average molecular weight is 371 g/mol. The summed E-state index contributed by atoms with van der Waals surface area (Å²) in [5, 5.41) is 13.1. The maximum Gasteiger partial charge on any atom is 0.272 e. The molecule has 0 spiro atoms. The first-order valence-corrected chi connectivity index (χ1v) is 10.3. The number of aryl methyl sites for hydroxylation is 1. The Morgan fingerprint density at radius 1 is 1.26 bits per heavy atom. The van der Waals surface area contributed by atoms with E-state index in [9.17, 15) is 9.90 Å². The lowest BCUT2D eigenvalue weighted by Crippen LogP contribution is -2.64. The minimum Gasteiger partial charge on any atom is -0.395 e. The average Bonchev–Trinajstić information content (AvgIpc) is 3.03. The summed E-state index contributed by atoms with van der Waals surface area (Å²) in [6, 6.07) is 4.48. The van der Waals surface area contributed by atoms with Gasteiger partial charge in [-0.25, -0.2) is 9.50 Å². The molecule has 3 aliphatic heterocycles. The van der Waals surface area contributed by atoms with Gasteiger partial charge in [-0.05, 0) is 44.6 Å². The van der Waals surface area contributed by atoms with Crippen LogP contribution in [0.5, 0.6) is 0 Å². The lowest BCUT2D eigenvalue weighted by molar-refractivity contribution is -0.0876. The van der Waals surface area contributed by atoms with Crippen molar-refractivity contribution in [1.29, 1.82) is 0 Å². The molecular formula is C20H29N5O2. The molecule has 5 rings (SSSR count). The van der Waals surface area contributed by atoms with Crippen LogP contribution in [-0.4, -0.2) is 67.8 Å². The molecule has 0 radical (unpaired) electrons. The predicted molar refractivity (Wildman–Crippen MR) is 103 cm³/mol. The summed E-state index contributed by atoms with van der Waals surface area (Å²) in [5.74, 6) is 1.19. The fourth-order valence-corrected chi connectivity index (χ4v) is 5.86. The zero-order valence-corrected chi connectivity index (χ0v) is 16.0. The molecule has 5 heterocycles. The number of fused-ring (bicyclic) bond motifs is 5. The maximum atomic E-state index is 12.4. The summed E-state index contributed by atoms with van der Waals surface area (Å²) in [6.45, 7) is 6.11. The molecule has 0 saturated carbocycles. The highest BCUT2D eigenvalue weighted by Gasteiger charge is 2.46. The highest BCUT2D eigenvalue weighted by molar-refractivity contribution is 5.39. The van der Waals surface area contributed by atoms with Gasteiger partial charge in [-0.1, -0.05) is 6.42 Å². The molecule has 0 aromatic carbocycles. The van der Waals surface area contributed by atoms with Crippen molar-refractivity contribution >= 4 is 5.65 Å². The van der Waals surface area contributed by atoms with Crippen molar-refractivity contribution in [3.8, 4) is 0 Å². The zero-order valence-electron chi connectivity index (χ0n) is 16.0. The third kappa shape index (κ3) is 3.02. The number of rotatable bonds is 3. The molecule has 2 aromatic heterocycles. The molecule has 0 unspecified atom stereocenters. The third-order valence-electron chi connectivity index (χ3n) is 6.90. The van der Waals surface area contributed by atoms with E-state index in [2.05, 4.69) is 14.9 Å². The Kier molecular flexibility index (Phi) is 4.33. The summed E-state index contributed by atoms with van der Waals surface area (Å²) >= 11 is 0. The van der Waals surface area contributed by atoms with Crippen LogP contribution >= 0.6 is 0 Å². The largest absolute Gasteiger partial charge is 0.395 e. The van der Waals surface area contributed by atoms with E-state index < -0.39 is 0 Å². The number of likely N-dealkylation sites (tertiary alicyclic amines) is 1. The van der Waals surface area contributed by atoms with Crippen LogP contribution in [0.4, 0.5) is 0 Å². The lowest BCUT2D eigenvalue weighted by Gasteiger charge is -2.56. The van der Waals surface area contributed by atoms with Gasteiger partial charge >= 0.3 is 0 Å². The Labute approximate surface area is 159 Å². The van der Waals surface area contributed by atoms with Gasteiger partial charge in [-0.3, -0.25) is 19.7 Å². The van der Waals surface area contributed by atoms with Crippen LogP contribution < -0.4 is 5.56 Å². The first-order valence-electron chi connectivity index (χ1n) is 10.3. The van der Waals surface area contributed by atoms with E-state index in [1.807, 2.05) is 13.0 Å². The summed E-state index contributed by atoms with van der Waals surface area (Å²) in [5.41, 5.74) is 2.43. The van der Waals surface area contributed by atoms with Gasteiger partial charge in [0, 0.05) is 49.5 Å². The van der Waals surface area contributed by atoms with Crippen LogP contribution in [0, 0.1) is 18.8 Å². The van der Waals surface area contributed by atoms with Crippen molar-refractivity contribution in [3.05, 3.63) is 33.9 Å². The number of aromatic nitrogens is 3. The van der Waals surface area contributed by atoms with E-state index >= 15 is 0 Å². The number of aromatic amines is 1. The quantitative estimate of drug-likeness (QED) is 0.842. The molecule has 27 heavy (non-hydrogen) atoms. The van der Waals surface area contributed by atoms with Crippen molar-refractivity contribution in [1.82, 2.24) is 24.4 Å². The minimum atomic E-state index is -0.0491. The maximum absolute atomic E-state index is 12.4. The Morgan fingerprint density at radius 3 is 2.96 bits per heavy atom. The van der Waals surface area contributed by atoms with Crippen molar-refractivity contribution in [2.24, 2.45) is 11.8 Å². The molecule has 3 aliphatic rings. The second-order valence-electron chi connectivity index (χ2n) is 8.72. The number of nitrogens with one attached hydrogen (secondary N) is 1. The number of aliphatic hydroxyl groups is 1. The van der Waals surface area contributed by atoms with Gasteiger partial charge in [0.15, 0.2) is 5.65 Å². The number of nitrogens with zero attached hydrogens (tertiary/aromatic N) is 4. The highest BCUT2D eigenvalue weighted by atomic mass is 16.3. The molecule has 4 atom stereocenters. The topological polar surface area (TPSA) is 76.9 Å². The Bertz CT molecular complexity index is 876. The molecule has 0 aliphatic carbocycles. The molecule has 0 amide bonds. The Morgan fingerprint density at radius 2 is 2.11 bits per heavy atom. The van der Waals surface area contributed by atoms with Gasteiger partial charge in [-0.15, -0.1) is 0 Å². The van der Waals surface area contributed by atoms with Gasteiger partial charge in [0.1, 0.15) is 0 Å². The van der Waals surface area contributed by atoms with Crippen LogP contribution in [0.15, 0.2) is 16.9 Å². The molecule has 2 N–H and O–H groups in total. The number of piperidine rings is 3. The lowest BCUT2D eigenvalue weighted by atomic mass is 9.72. The Hall–Kier alpha value is -1.70. The van der Waals surface area contributed by atoms with Gasteiger partial charge < -0.3 is 5.11 Å². The smallest absolute Gasteiger partial charge is 0.272 e. The highest BCUT2D eigenvalue weighted by Crippen LogP contribution is 2.41. The normalized spacial score (nSPS) is 31.9. The fourth-order valence-electron chi connectivity index (χ4n) is 5.86. The van der Waals surface area contributed by atoms with Crippen LogP contribution in [-0.2, 0) is 6.54 Å². The molecule has 7 heteroatoms. The number of hydrogen-bond acceptors (Lipinski definition) is 5. The van der Waals surface area contributed by atoms with Gasteiger partial charge in [-0.2, -0.15) is 0 Å². The fraction of sp³-hybridized carbons (Fsp3) is 0.700. The molecule has 3 fully saturated rings. The molecule has 3 saturated heterocycles. The van der Waals surface area contributed by atoms with E-state index in [1.54, 1.807) is 6.07 Å². The second kappa shape index (κ2) is 6.72. The van der Waals surface area contributed by atoms with Crippen LogP contribution in [0.3, 0.4) is 0 Å². The summed E-state index contributed by atoms with van der Waals surface area (Å²) < 4.78 is 1.51. The van der Waals surface area contributed by atoms with Crippen LogP contribution in [0.2, 0.25) is 0 Å². The minimum absolute atomic E-state index is 0.0491. The van der Waals surface area contributed by atoms with E-state index in [0.717, 1.165) is 31.0 Å². The van der Waals surface area contributed by atoms with Crippen molar-refractivity contribution in [2.75, 3.05) is 26.2 Å². The molecule has 2 aromatic rings. The third-order valence-corrected chi connectivity index (χ3v) is 6.90. The van der Waals surface area contributed by atoms with Crippen LogP contribution in [0.1, 0.15) is 37.1 Å². The standard InChI is InChI=1S/C20H29N5O2/c1-13-6-19-21-16(8-20(27)25(19)22-13)11-23-9-14-7-15(10-23)18(12-26)24-5-3-2-4-17(14)24/h6,8,14-15,17-18,22,26H,2-5,7,9-12H2,1H3/t14-,15+,17+,18+/m1/s1. The zero-order chi connectivity index (χ0) is 18.5. The predicted octanol–water partition coefficient (Wildman–Crippen LogP) is 0.998. The molecule has 146 valence electrons. The van der Waals surface area contributed by atoms with Gasteiger partial charge in [0.25, 0.3) is 5.56 Å². The molecule has 7 nitrogen and oxygen atoms in total. The van der Waals surface area contributed by atoms with Crippen molar-refractivity contribution in [3.63, 3.8) is 0 Å². The first-order chi connectivity index (χ1) is 13.1. The number of aliphatic hydroxyl groups excluding tert-OH is 1. The van der Waals surface area contributed by atoms with Gasteiger partial charge in [0.2, 0.25) is 0 Å². The summed E-state index contributed by atoms with van der Waals surface area (Å²) in [7, 11) is 0. The van der Waals surface area contributed by atoms with Crippen molar-refractivity contribution in [2.45, 2.75) is 51.2 Å². The monoisotopic (exact) mass is 371 g/mol. The number of hydrogen-bond donors (Lipinski definition) is 2. The second-order valence-corrected chi connectivity index (χ2v) is 8.72. The van der Waals surface area contributed by atoms with E-state index in [4.69, 9.17) is 4.98 Å². The van der Waals surface area contributed by atoms with Gasteiger partial charge in [0.05, 0.1) is 12.3 Å². The van der Waals surface area contributed by atoms with Crippen molar-refractivity contribution < 1.29 is 5.11 Å². The summed E-state index contributed by atoms with van der Waals surface area (Å²) in [6.07, 6.45) is 5.06. The Balaban J connectivity index is 1.38. The van der Waals surface area contributed by atoms with E-state index in [-0.39, 0.29) is 12.2 Å². The molecular weight excluding hydrogens is 342 g/mol. The molecule has 2 bridgehead atoms.